The van der Waals surface area contributed by atoms with Crippen molar-refractivity contribution in [3.8, 4) is 40.2 Å². The van der Waals surface area contributed by atoms with Crippen molar-refractivity contribution < 1.29 is 83.2 Å². The molecule has 11 rings (SSSR count). The maximum Gasteiger partial charge on any atom is 0.250 e. The van der Waals surface area contributed by atoms with E-state index in [2.05, 4.69) is 31.2 Å². The predicted octanol–water partition coefficient (Wildman–Crippen LogP) is 22.2. The van der Waals surface area contributed by atoms with E-state index < -0.39 is 0 Å². The van der Waals surface area contributed by atoms with Gasteiger partial charge in [-0.05, 0) is 238 Å². The number of carbonyl (C=O) groups excluding carboxylic acids is 5. The molecule has 10 aromatic rings. The Morgan fingerprint density at radius 3 is 0.843 bits per heavy atom. The summed E-state index contributed by atoms with van der Waals surface area (Å²) in [4.78, 5) is 59.1. The van der Waals surface area contributed by atoms with Gasteiger partial charge in [-0.1, -0.05) is 166 Å². The fraction of sp³-hybridized carbons (Fsp3) is 0.343. The van der Waals surface area contributed by atoms with Gasteiger partial charge in [0.25, 0.3) is 0 Å². The van der Waals surface area contributed by atoms with Crippen molar-refractivity contribution in [3.63, 3.8) is 0 Å². The van der Waals surface area contributed by atoms with Gasteiger partial charge in [-0.2, -0.15) is 25.3 Å². The summed E-state index contributed by atoms with van der Waals surface area (Å²) in [7, 11) is 1.57. The van der Waals surface area contributed by atoms with E-state index in [1.54, 1.807) is 90.3 Å². The van der Waals surface area contributed by atoms with Crippen LogP contribution in [-0.2, 0) is 63.4 Å². The van der Waals surface area contributed by atoms with E-state index in [-0.39, 0.29) is 81.5 Å². The zero-order chi connectivity index (χ0) is 88.7. The van der Waals surface area contributed by atoms with Crippen LogP contribution in [0.5, 0.6) is 40.2 Å². The van der Waals surface area contributed by atoms with Crippen molar-refractivity contribution in [1.29, 1.82) is 0 Å². The van der Waals surface area contributed by atoms with Crippen LogP contribution in [0.2, 0.25) is 0 Å². The quantitative estimate of drug-likeness (QED) is 0.0207. The molecule has 1 fully saturated rings. The van der Waals surface area contributed by atoms with Gasteiger partial charge in [-0.25, -0.2) is 0 Å². The van der Waals surface area contributed by atoms with Crippen LogP contribution >= 0.6 is 0 Å². The minimum atomic E-state index is -0.382. The topological polar surface area (TPSA) is 267 Å². The number of hydrogen-bond donors (Lipinski definition) is 5. The zero-order valence-corrected chi connectivity index (χ0v) is 73.7. The third kappa shape index (κ3) is 28.3. The number of anilines is 5. The molecule has 1 saturated carbocycles. The maximum atomic E-state index is 11.9. The number of nitrogens with zero attached hydrogens (tertiary/aromatic N) is 5. The van der Waals surface area contributed by atoms with Crippen molar-refractivity contribution in [2.75, 3.05) is 39.0 Å². The molecule has 10 aromatic carbocycles. The SMILES string of the molecule is CCC(=O)N(O)c1ccc(C)cc1COc1ccc(C)cc1C.CCC(=O)N(O)c1ccc(C2CC2)cc1COc1ccc(C)cc1C.CCC(=O)N(O)c1ccc(CC)cc1COc1ccc(C)cc1C.CCC(=O)N(O)c1ccc(OC)cc1COc1ccc(C)cc1C.CCOc1ccc(N(O)C(=O)CC)c(COc2ccc(C)cc2C)c1. The van der Waals surface area contributed by atoms with Crippen molar-refractivity contribution in [1.82, 2.24) is 0 Å². The Hall–Kier alpha value is -12.1. The monoisotopic (exact) mass is 1650 g/mol. The summed E-state index contributed by atoms with van der Waals surface area (Å²) in [6, 6.07) is 57.3. The number of hydroxylamine groups is 5. The normalized spacial score (nSPS) is 11.1. The Bertz CT molecular complexity index is 5030. The molecule has 0 atom stereocenters. The lowest BCUT2D eigenvalue weighted by molar-refractivity contribution is -0.124. The smallest absolute Gasteiger partial charge is 0.250 e. The van der Waals surface area contributed by atoms with Crippen molar-refractivity contribution in [2.24, 2.45) is 0 Å². The molecule has 5 N–H and O–H groups in total. The highest BCUT2D eigenvalue weighted by Gasteiger charge is 2.27. The fourth-order valence-electron chi connectivity index (χ4n) is 13.0. The molecule has 22 nitrogen and oxygen atoms in total. The lowest BCUT2D eigenvalue weighted by Gasteiger charge is -2.20. The number of ether oxygens (including phenoxy) is 7. The van der Waals surface area contributed by atoms with E-state index in [9.17, 15) is 50.0 Å². The number of methoxy groups -OCH3 is 1. The minimum Gasteiger partial charge on any atom is -0.497 e. The molecule has 22 heteroatoms. The summed E-state index contributed by atoms with van der Waals surface area (Å²) in [5.41, 5.74) is 20.6. The fourth-order valence-corrected chi connectivity index (χ4v) is 13.0. The molecule has 644 valence electrons. The molecule has 1 aliphatic carbocycles. The first-order chi connectivity index (χ1) is 57.8. The van der Waals surface area contributed by atoms with Crippen molar-refractivity contribution >= 4 is 58.0 Å². The first kappa shape index (κ1) is 96.1. The maximum absolute atomic E-state index is 11.9. The van der Waals surface area contributed by atoms with Gasteiger partial charge in [0.15, 0.2) is 0 Å². The summed E-state index contributed by atoms with van der Waals surface area (Å²) in [6.45, 7) is 36.5. The van der Waals surface area contributed by atoms with E-state index in [1.807, 2.05) is 192 Å². The summed E-state index contributed by atoms with van der Waals surface area (Å²) in [5.74, 6) is 4.09. The van der Waals surface area contributed by atoms with E-state index in [4.69, 9.17) is 33.2 Å². The van der Waals surface area contributed by atoms with Gasteiger partial charge in [0.05, 0.1) is 42.2 Å². The average Bonchev–Trinajstić information content (AvgIpc) is 1.67. The Morgan fingerprint density at radius 1 is 0.298 bits per heavy atom. The minimum absolute atomic E-state index is 0.208. The second-order valence-corrected chi connectivity index (χ2v) is 29.9. The van der Waals surface area contributed by atoms with Gasteiger partial charge in [-0.3, -0.25) is 50.0 Å². The molecule has 0 bridgehead atoms. The lowest BCUT2D eigenvalue weighted by Crippen LogP contribution is -2.27. The van der Waals surface area contributed by atoms with Crippen LogP contribution < -0.4 is 58.5 Å². The summed E-state index contributed by atoms with van der Waals surface area (Å²) >= 11 is 0. The molecule has 0 radical (unpaired) electrons. The zero-order valence-electron chi connectivity index (χ0n) is 73.7. The van der Waals surface area contributed by atoms with Crippen LogP contribution in [-0.4, -0.2) is 69.3 Å². The second kappa shape index (κ2) is 47.1. The third-order valence-corrected chi connectivity index (χ3v) is 20.0. The molecular formula is C99H121N5O17. The van der Waals surface area contributed by atoms with Gasteiger partial charge in [0.2, 0.25) is 29.5 Å². The molecule has 5 amide bonds. The third-order valence-electron chi connectivity index (χ3n) is 20.0. The number of hydrogen-bond acceptors (Lipinski definition) is 17. The molecule has 0 heterocycles. The first-order valence-corrected chi connectivity index (χ1v) is 41.2. The van der Waals surface area contributed by atoms with Gasteiger partial charge in [0.1, 0.15) is 73.3 Å². The number of amides is 5. The highest BCUT2D eigenvalue weighted by Crippen LogP contribution is 2.42. The van der Waals surface area contributed by atoms with Crippen LogP contribution in [0, 0.1) is 76.2 Å². The summed E-state index contributed by atoms with van der Waals surface area (Å²) in [6.07, 6.45) is 4.43. The Balaban J connectivity index is 0.000000208. The average molecular weight is 1650 g/mol. The highest BCUT2D eigenvalue weighted by atomic mass is 16.5. The highest BCUT2D eigenvalue weighted by molar-refractivity contribution is 5.94. The van der Waals surface area contributed by atoms with Crippen LogP contribution in [0.1, 0.15) is 199 Å². The lowest BCUT2D eigenvalue weighted by atomic mass is 10.0. The Labute approximate surface area is 713 Å². The molecule has 0 spiro atoms. The molecule has 1 aliphatic rings. The van der Waals surface area contributed by atoms with Gasteiger partial charge >= 0.3 is 0 Å². The number of rotatable bonds is 30. The van der Waals surface area contributed by atoms with Gasteiger partial charge < -0.3 is 33.2 Å². The van der Waals surface area contributed by atoms with E-state index in [0.717, 1.165) is 106 Å². The Morgan fingerprint density at radius 2 is 0.554 bits per heavy atom. The molecule has 121 heavy (non-hydrogen) atoms. The van der Waals surface area contributed by atoms with Gasteiger partial charge in [0, 0.05) is 59.9 Å². The second-order valence-electron chi connectivity index (χ2n) is 29.9. The molecule has 0 aromatic heterocycles. The molecule has 0 aliphatic heterocycles. The van der Waals surface area contributed by atoms with Crippen molar-refractivity contribution in [2.45, 2.75) is 215 Å². The molecule has 0 unspecified atom stereocenters. The van der Waals surface area contributed by atoms with Crippen molar-refractivity contribution in [3.05, 3.63) is 282 Å². The Kier molecular flexibility index (Phi) is 37.4. The van der Waals surface area contributed by atoms with Crippen LogP contribution in [0.15, 0.2) is 182 Å². The first-order valence-electron chi connectivity index (χ1n) is 41.2. The summed E-state index contributed by atoms with van der Waals surface area (Å²) in [5, 5.41) is 54.3. The molecular weight excluding hydrogens is 1530 g/mol. The predicted molar refractivity (Wildman–Crippen MR) is 475 cm³/mol. The largest absolute Gasteiger partial charge is 0.497 e. The molecule has 0 saturated heterocycles. The number of carbonyl (C=O) groups is 5. The van der Waals surface area contributed by atoms with Crippen LogP contribution in [0.25, 0.3) is 0 Å². The van der Waals surface area contributed by atoms with Gasteiger partial charge in [-0.15, -0.1) is 0 Å². The van der Waals surface area contributed by atoms with E-state index in [0.29, 0.717) is 92.0 Å². The van der Waals surface area contributed by atoms with Crippen LogP contribution in [0.3, 0.4) is 0 Å². The standard InChI is InChI=1S/C21H25NO3.C20H25NO4.C20H25NO3.C19H23NO4.C19H23NO3/c1-4-21(23)22(24)19-9-8-17(16-6-7-16)12-18(19)13-25-20-10-5-14(2)11-15(20)3;1-5-20(22)21(23)18-9-8-17(24-6-2)12-16(18)13-25-19-10-7-14(3)11-15(19)4;1-5-16-8-9-18(21(23)20(22)6-2)17(12-16)13-24-19-10-7-14(3)11-15(19)4;1-5-19(21)20(22)17-8-7-16(23-4)11-15(17)12-24-18-9-6-13(2)10-14(18)3;1-5-19(21)20(22)17-8-6-14(3)11-16(17)12-23-18-9-7-13(2)10-15(18)4/h5,8-12,16,24H,4,6-7,13H2,1-3H3;7-12,23H,5-6,13H2,1-4H3;7-12,23H,5-6,13H2,1-4H3;6-11,22H,5,12H2,1-4H3;6-11,22H,5,12H2,1-4H3. The number of benzene rings is 10. The van der Waals surface area contributed by atoms with Crippen LogP contribution in [0.4, 0.5) is 28.4 Å². The number of aryl methyl sites for hydroxylation is 12. The van der Waals surface area contributed by atoms with E-state index in [1.165, 1.54) is 40.7 Å². The summed E-state index contributed by atoms with van der Waals surface area (Å²) < 4.78 is 40.3. The van der Waals surface area contributed by atoms with E-state index >= 15 is 0 Å².